The van der Waals surface area contributed by atoms with Crippen LogP contribution in [0, 0.1) is 0 Å². The molecule has 0 saturated heterocycles. The van der Waals surface area contributed by atoms with Crippen molar-refractivity contribution in [2.75, 3.05) is 6.61 Å². The van der Waals surface area contributed by atoms with Crippen molar-refractivity contribution < 1.29 is 13.9 Å². The Morgan fingerprint density at radius 2 is 2.08 bits per heavy atom. The monoisotopic (exact) mass is 358 g/mol. The number of carbonyl (C=O) groups is 1. The van der Waals surface area contributed by atoms with Crippen molar-refractivity contribution in [1.29, 1.82) is 0 Å². The third-order valence-corrected chi connectivity index (χ3v) is 4.69. The maximum Gasteiger partial charge on any atom is 0.341 e. The number of fused-ring (bicyclic) bond motifs is 1. The number of benzene rings is 1. The van der Waals surface area contributed by atoms with Gasteiger partial charge < -0.3 is 9.15 Å². The smallest absolute Gasteiger partial charge is 0.341 e. The van der Waals surface area contributed by atoms with E-state index in [2.05, 4.69) is 4.98 Å². The molecule has 0 fully saturated rings. The lowest BCUT2D eigenvalue weighted by molar-refractivity contribution is 0.0524. The molecule has 2 heterocycles. The van der Waals surface area contributed by atoms with E-state index >= 15 is 0 Å². The lowest BCUT2D eigenvalue weighted by Crippen LogP contribution is -2.22. The highest BCUT2D eigenvalue weighted by Crippen LogP contribution is 2.25. The van der Waals surface area contributed by atoms with E-state index in [1.807, 2.05) is 25.1 Å². The number of hydrogen-bond donors (Lipinski definition) is 0. The van der Waals surface area contributed by atoms with Crippen molar-refractivity contribution in [3.8, 4) is 0 Å². The van der Waals surface area contributed by atoms with Crippen molar-refractivity contribution in [1.82, 2.24) is 9.55 Å². The van der Waals surface area contributed by atoms with E-state index in [-0.39, 0.29) is 5.56 Å². The molecule has 25 heavy (non-hydrogen) atoms. The minimum absolute atomic E-state index is 0.0688. The number of aromatic nitrogens is 2. The average Bonchev–Trinajstić information content (AvgIpc) is 3.09. The zero-order valence-electron chi connectivity index (χ0n) is 14.0. The Morgan fingerprint density at radius 1 is 1.28 bits per heavy atom. The molecule has 0 bridgehead atoms. The maximum absolute atomic E-state index is 12.6. The highest BCUT2D eigenvalue weighted by molar-refractivity contribution is 7.98. The van der Waals surface area contributed by atoms with E-state index in [0.29, 0.717) is 46.3 Å². The van der Waals surface area contributed by atoms with Crippen LogP contribution in [0.25, 0.3) is 10.9 Å². The van der Waals surface area contributed by atoms with E-state index in [4.69, 9.17) is 9.15 Å². The van der Waals surface area contributed by atoms with Crippen LogP contribution in [0.1, 0.15) is 30.0 Å². The largest absolute Gasteiger partial charge is 0.468 e. The van der Waals surface area contributed by atoms with Crippen molar-refractivity contribution >= 4 is 28.6 Å². The molecule has 2 aromatic heterocycles. The molecule has 0 aliphatic carbocycles. The predicted octanol–water partition coefficient (Wildman–Crippen LogP) is 3.48. The van der Waals surface area contributed by atoms with Gasteiger partial charge >= 0.3 is 5.97 Å². The number of furan rings is 1. The molecule has 0 aliphatic heterocycles. The molecular weight excluding hydrogens is 340 g/mol. The van der Waals surface area contributed by atoms with Crippen molar-refractivity contribution in [3.05, 3.63) is 58.3 Å². The lowest BCUT2D eigenvalue weighted by Gasteiger charge is -2.10. The molecule has 3 aromatic rings. The lowest BCUT2D eigenvalue weighted by atomic mass is 10.2. The van der Waals surface area contributed by atoms with E-state index in [9.17, 15) is 9.59 Å². The first-order valence-electron chi connectivity index (χ1n) is 8.01. The first-order chi connectivity index (χ1) is 12.2. The van der Waals surface area contributed by atoms with Crippen LogP contribution in [0.4, 0.5) is 0 Å². The summed E-state index contributed by atoms with van der Waals surface area (Å²) < 4.78 is 12.1. The Bertz CT molecular complexity index is 961. The third-order valence-electron chi connectivity index (χ3n) is 3.72. The van der Waals surface area contributed by atoms with E-state index in [1.54, 1.807) is 23.6 Å². The van der Waals surface area contributed by atoms with Gasteiger partial charge in [0.05, 0.1) is 29.5 Å². The van der Waals surface area contributed by atoms with Crippen molar-refractivity contribution in [2.24, 2.45) is 0 Å². The molecule has 0 amide bonds. The van der Waals surface area contributed by atoms with E-state index < -0.39 is 5.97 Å². The topological polar surface area (TPSA) is 74.3 Å². The van der Waals surface area contributed by atoms with E-state index in [0.717, 1.165) is 0 Å². The molecule has 1 aromatic carbocycles. The van der Waals surface area contributed by atoms with Gasteiger partial charge in [-0.3, -0.25) is 9.36 Å². The minimum Gasteiger partial charge on any atom is -0.468 e. The molecular formula is C18H18N2O4S. The Kier molecular flexibility index (Phi) is 5.23. The van der Waals surface area contributed by atoms with Gasteiger partial charge in [-0.05, 0) is 32.0 Å². The second kappa shape index (κ2) is 7.57. The maximum atomic E-state index is 12.6. The zero-order valence-corrected chi connectivity index (χ0v) is 14.8. The predicted molar refractivity (Wildman–Crippen MR) is 95.9 cm³/mol. The van der Waals surface area contributed by atoms with Gasteiger partial charge in [-0.2, -0.15) is 0 Å². The van der Waals surface area contributed by atoms with Gasteiger partial charge in [0, 0.05) is 6.54 Å². The summed E-state index contributed by atoms with van der Waals surface area (Å²) in [5, 5.41) is 1.19. The van der Waals surface area contributed by atoms with Gasteiger partial charge in [0.25, 0.3) is 5.56 Å². The fourth-order valence-corrected chi connectivity index (χ4v) is 3.52. The van der Waals surface area contributed by atoms with Gasteiger partial charge in [0.2, 0.25) is 0 Å². The number of ether oxygens (including phenoxy) is 1. The van der Waals surface area contributed by atoms with Crippen molar-refractivity contribution in [2.45, 2.75) is 31.3 Å². The summed E-state index contributed by atoms with van der Waals surface area (Å²) in [6.45, 7) is 4.48. The number of thioether (sulfide) groups is 1. The molecule has 3 rings (SSSR count). The third kappa shape index (κ3) is 3.46. The first-order valence-corrected chi connectivity index (χ1v) is 9.00. The van der Waals surface area contributed by atoms with Crippen LogP contribution >= 0.6 is 11.8 Å². The summed E-state index contributed by atoms with van der Waals surface area (Å²) in [6, 6.07) is 8.86. The molecule has 7 heteroatoms. The van der Waals surface area contributed by atoms with Crippen LogP contribution in [-0.4, -0.2) is 22.1 Å². The van der Waals surface area contributed by atoms with Gasteiger partial charge in [0.15, 0.2) is 5.16 Å². The summed E-state index contributed by atoms with van der Waals surface area (Å²) >= 11 is 1.36. The molecule has 0 aliphatic rings. The molecule has 0 saturated carbocycles. The molecule has 0 radical (unpaired) electrons. The average molecular weight is 358 g/mol. The Morgan fingerprint density at radius 3 is 2.84 bits per heavy atom. The summed E-state index contributed by atoms with van der Waals surface area (Å²) in [7, 11) is 0. The fraction of sp³-hybridized carbons (Fsp3) is 0.278. The Hall–Kier alpha value is -2.54. The number of carbonyl (C=O) groups excluding carboxylic acids is 1. The fourth-order valence-electron chi connectivity index (χ4n) is 2.51. The number of para-hydroxylation sites is 1. The second-order valence-electron chi connectivity index (χ2n) is 5.23. The summed E-state index contributed by atoms with van der Waals surface area (Å²) in [5.41, 5.74) is 0.992. The van der Waals surface area contributed by atoms with Crippen LogP contribution in [-0.2, 0) is 17.0 Å². The number of esters is 1. The number of hydrogen-bond acceptors (Lipinski definition) is 6. The second-order valence-corrected chi connectivity index (χ2v) is 6.17. The van der Waals surface area contributed by atoms with Crippen LogP contribution < -0.4 is 5.56 Å². The minimum atomic E-state index is -0.411. The van der Waals surface area contributed by atoms with E-state index in [1.165, 1.54) is 18.0 Å². The van der Waals surface area contributed by atoms with Crippen LogP contribution in [0.3, 0.4) is 0 Å². The Labute approximate surface area is 148 Å². The normalized spacial score (nSPS) is 11.0. The van der Waals surface area contributed by atoms with Crippen LogP contribution in [0.15, 0.2) is 51.0 Å². The molecule has 0 atom stereocenters. The SMILES string of the molecule is CCOC(=O)c1ccoc1CSc1nc2ccccc2c(=O)n1CC. The summed E-state index contributed by atoms with van der Waals surface area (Å²) in [6.07, 6.45) is 1.46. The molecule has 0 unspecified atom stereocenters. The Balaban J connectivity index is 1.91. The summed E-state index contributed by atoms with van der Waals surface area (Å²) in [5.74, 6) is 0.478. The van der Waals surface area contributed by atoms with Gasteiger partial charge in [0.1, 0.15) is 11.3 Å². The highest BCUT2D eigenvalue weighted by Gasteiger charge is 2.17. The molecule has 0 N–H and O–H groups in total. The molecule has 0 spiro atoms. The van der Waals surface area contributed by atoms with Crippen molar-refractivity contribution in [3.63, 3.8) is 0 Å². The number of nitrogens with zero attached hydrogens (tertiary/aromatic N) is 2. The quantitative estimate of drug-likeness (QED) is 0.381. The van der Waals surface area contributed by atoms with Gasteiger partial charge in [-0.25, -0.2) is 9.78 Å². The summed E-state index contributed by atoms with van der Waals surface area (Å²) in [4.78, 5) is 29.1. The highest BCUT2D eigenvalue weighted by atomic mass is 32.2. The molecule has 6 nitrogen and oxygen atoms in total. The standard InChI is InChI=1S/C18H18N2O4S/c1-3-20-16(21)12-7-5-6-8-14(12)19-18(20)25-11-15-13(9-10-24-15)17(22)23-4-2/h5-10H,3-4,11H2,1-2H3. The number of rotatable bonds is 6. The van der Waals surface area contributed by atoms with Crippen LogP contribution in [0.5, 0.6) is 0 Å². The zero-order chi connectivity index (χ0) is 17.8. The van der Waals surface area contributed by atoms with Gasteiger partial charge in [-0.15, -0.1) is 0 Å². The first kappa shape index (κ1) is 17.3. The van der Waals surface area contributed by atoms with Crippen LogP contribution in [0.2, 0.25) is 0 Å². The molecule has 130 valence electrons. The van der Waals surface area contributed by atoms with Gasteiger partial charge in [-0.1, -0.05) is 23.9 Å².